The molecule has 4 aromatic carbocycles. The number of pyridine rings is 2. The lowest BCUT2D eigenvalue weighted by Gasteiger charge is -2.24. The van der Waals surface area contributed by atoms with Crippen molar-refractivity contribution in [2.24, 2.45) is 5.92 Å². The summed E-state index contributed by atoms with van der Waals surface area (Å²) in [6.07, 6.45) is 4.53. The smallest absolute Gasteiger partial charge is 0.134 e. The maximum atomic E-state index is 6.43. The summed E-state index contributed by atoms with van der Waals surface area (Å²) >= 11 is 0. The first-order valence-corrected chi connectivity index (χ1v) is 15.1. The average Bonchev–Trinajstić information content (AvgIpc) is 3.52. The largest absolute Gasteiger partial charge is 0.460 e. The van der Waals surface area contributed by atoms with Gasteiger partial charge in [0.05, 0.1) is 22.4 Å². The topological polar surface area (TPSA) is 38.9 Å². The SMILES string of the molecule is CC1C=Cc2c(oc3ccccc23)C1c1ccc(-c2ccc3ccc4cc5c(nc4c3n2)C(C)(C)c2ccccc2-5)cc1. The highest BCUT2D eigenvalue weighted by Crippen LogP contribution is 2.49. The van der Waals surface area contributed by atoms with Crippen molar-refractivity contribution < 1.29 is 4.42 Å². The molecule has 43 heavy (non-hydrogen) atoms. The molecule has 3 nitrogen and oxygen atoms in total. The molecule has 0 amide bonds. The van der Waals surface area contributed by atoms with E-state index in [-0.39, 0.29) is 11.3 Å². The minimum atomic E-state index is -0.152. The molecule has 3 aromatic heterocycles. The van der Waals surface area contributed by atoms with Gasteiger partial charge < -0.3 is 4.42 Å². The molecule has 7 aromatic rings. The second-order valence-corrected chi connectivity index (χ2v) is 12.7. The molecule has 206 valence electrons. The standard InChI is InChI=1S/C40H30N2O/c1-23-12-20-30-29-9-5-7-11-34(29)43-38(30)35(23)25-15-13-24(14-16-25)33-21-19-26-17-18-27-22-31-28-8-4-6-10-32(28)40(2,3)39(31)42-37(27)36(26)41-33/h4-23,35H,1-3H3. The Morgan fingerprint density at radius 3 is 2.35 bits per heavy atom. The fourth-order valence-corrected chi connectivity index (χ4v) is 7.45. The normalized spacial score (nSPS) is 18.2. The van der Waals surface area contributed by atoms with Gasteiger partial charge in [-0.25, -0.2) is 9.97 Å². The molecule has 0 aliphatic heterocycles. The van der Waals surface area contributed by atoms with E-state index in [1.165, 1.54) is 33.2 Å². The minimum Gasteiger partial charge on any atom is -0.460 e. The zero-order chi connectivity index (χ0) is 28.9. The predicted octanol–water partition coefficient (Wildman–Crippen LogP) is 10.3. The van der Waals surface area contributed by atoms with Gasteiger partial charge in [-0.05, 0) is 40.8 Å². The zero-order valence-electron chi connectivity index (χ0n) is 24.4. The van der Waals surface area contributed by atoms with E-state index >= 15 is 0 Å². The number of furan rings is 1. The van der Waals surface area contributed by atoms with Crippen LogP contribution in [0.25, 0.3) is 61.2 Å². The molecule has 0 spiro atoms. The molecule has 9 rings (SSSR count). The van der Waals surface area contributed by atoms with Crippen LogP contribution in [-0.2, 0) is 5.41 Å². The molecule has 2 unspecified atom stereocenters. The summed E-state index contributed by atoms with van der Waals surface area (Å²) in [6.45, 7) is 6.82. The van der Waals surface area contributed by atoms with E-state index in [1.54, 1.807) is 0 Å². The highest BCUT2D eigenvalue weighted by molar-refractivity contribution is 6.05. The first-order chi connectivity index (χ1) is 21.0. The van der Waals surface area contributed by atoms with E-state index in [0.717, 1.165) is 50.1 Å². The number of aromatic nitrogens is 2. The first-order valence-electron chi connectivity index (χ1n) is 15.1. The molecule has 2 aliphatic carbocycles. The minimum absolute atomic E-state index is 0.152. The lowest BCUT2D eigenvalue weighted by molar-refractivity contribution is 0.469. The quantitative estimate of drug-likeness (QED) is 0.200. The molecule has 2 atom stereocenters. The van der Waals surface area contributed by atoms with Gasteiger partial charge in [0, 0.05) is 44.2 Å². The third-order valence-electron chi connectivity index (χ3n) is 9.73. The number of para-hydroxylation sites is 1. The van der Waals surface area contributed by atoms with E-state index < -0.39 is 0 Å². The zero-order valence-corrected chi connectivity index (χ0v) is 24.4. The summed E-state index contributed by atoms with van der Waals surface area (Å²) in [5.41, 5.74) is 12.2. The van der Waals surface area contributed by atoms with Gasteiger partial charge in [-0.3, -0.25) is 0 Å². The number of rotatable bonds is 2. The van der Waals surface area contributed by atoms with Crippen LogP contribution in [0.15, 0.2) is 114 Å². The van der Waals surface area contributed by atoms with Gasteiger partial charge in [0.1, 0.15) is 11.3 Å². The second kappa shape index (κ2) is 8.75. The van der Waals surface area contributed by atoms with Crippen LogP contribution < -0.4 is 0 Å². The summed E-state index contributed by atoms with van der Waals surface area (Å²) in [6, 6.07) is 36.9. The Balaban J connectivity index is 1.13. The summed E-state index contributed by atoms with van der Waals surface area (Å²) < 4.78 is 6.43. The fourth-order valence-electron chi connectivity index (χ4n) is 7.45. The summed E-state index contributed by atoms with van der Waals surface area (Å²) in [4.78, 5) is 10.6. The van der Waals surface area contributed by atoms with Crippen LogP contribution in [-0.4, -0.2) is 9.97 Å². The maximum Gasteiger partial charge on any atom is 0.134 e. The maximum absolute atomic E-state index is 6.43. The van der Waals surface area contributed by atoms with Crippen molar-refractivity contribution in [3.05, 3.63) is 137 Å². The molecule has 0 saturated carbocycles. The predicted molar refractivity (Wildman–Crippen MR) is 176 cm³/mol. The number of benzene rings is 4. The summed E-state index contributed by atoms with van der Waals surface area (Å²) in [5, 5.41) is 3.41. The van der Waals surface area contributed by atoms with Crippen molar-refractivity contribution in [3.8, 4) is 22.4 Å². The molecular formula is C40H30N2O. The number of nitrogens with zero attached hydrogens (tertiary/aromatic N) is 2. The van der Waals surface area contributed by atoms with Gasteiger partial charge in [-0.15, -0.1) is 0 Å². The Morgan fingerprint density at radius 1 is 0.721 bits per heavy atom. The Bertz CT molecular complexity index is 2290. The number of hydrogen-bond donors (Lipinski definition) is 0. The van der Waals surface area contributed by atoms with Crippen molar-refractivity contribution in [1.82, 2.24) is 9.97 Å². The highest BCUT2D eigenvalue weighted by Gasteiger charge is 2.37. The van der Waals surface area contributed by atoms with Gasteiger partial charge >= 0.3 is 0 Å². The van der Waals surface area contributed by atoms with Gasteiger partial charge in [0.15, 0.2) is 0 Å². The van der Waals surface area contributed by atoms with Crippen LogP contribution in [0, 0.1) is 5.92 Å². The fraction of sp³-hybridized carbons (Fsp3) is 0.150. The van der Waals surface area contributed by atoms with E-state index in [1.807, 2.05) is 6.07 Å². The Morgan fingerprint density at radius 2 is 1.47 bits per heavy atom. The molecule has 0 N–H and O–H groups in total. The van der Waals surface area contributed by atoms with Crippen LogP contribution in [0.2, 0.25) is 0 Å². The van der Waals surface area contributed by atoms with Gasteiger partial charge in [0.25, 0.3) is 0 Å². The summed E-state index contributed by atoms with van der Waals surface area (Å²) in [5.74, 6) is 1.57. The van der Waals surface area contributed by atoms with Gasteiger partial charge in [0.2, 0.25) is 0 Å². The van der Waals surface area contributed by atoms with Crippen LogP contribution in [0.5, 0.6) is 0 Å². The first kappa shape index (κ1) is 24.6. The average molecular weight is 555 g/mol. The second-order valence-electron chi connectivity index (χ2n) is 12.7. The van der Waals surface area contributed by atoms with E-state index in [2.05, 4.69) is 130 Å². The molecule has 0 bridgehead atoms. The van der Waals surface area contributed by atoms with Crippen molar-refractivity contribution in [2.75, 3.05) is 0 Å². The van der Waals surface area contributed by atoms with E-state index in [0.29, 0.717) is 5.92 Å². The van der Waals surface area contributed by atoms with Crippen molar-refractivity contribution in [3.63, 3.8) is 0 Å². The third-order valence-corrected chi connectivity index (χ3v) is 9.73. The number of hydrogen-bond acceptors (Lipinski definition) is 3. The van der Waals surface area contributed by atoms with Crippen molar-refractivity contribution in [1.29, 1.82) is 0 Å². The third kappa shape index (κ3) is 3.48. The Kier molecular flexibility index (Phi) is 5.00. The molecular weight excluding hydrogens is 524 g/mol. The summed E-state index contributed by atoms with van der Waals surface area (Å²) in [7, 11) is 0. The Labute approximate surface area is 250 Å². The molecule has 0 radical (unpaired) electrons. The van der Waals surface area contributed by atoms with Crippen LogP contribution in [0.3, 0.4) is 0 Å². The Hall–Kier alpha value is -5.02. The molecule has 0 fully saturated rings. The van der Waals surface area contributed by atoms with E-state index in [4.69, 9.17) is 14.4 Å². The number of fused-ring (bicyclic) bond motifs is 9. The van der Waals surface area contributed by atoms with Crippen molar-refractivity contribution in [2.45, 2.75) is 32.1 Å². The highest BCUT2D eigenvalue weighted by atomic mass is 16.3. The van der Waals surface area contributed by atoms with Crippen molar-refractivity contribution >= 4 is 38.9 Å². The van der Waals surface area contributed by atoms with Gasteiger partial charge in [-0.2, -0.15) is 0 Å². The lowest BCUT2D eigenvalue weighted by Crippen LogP contribution is -2.16. The van der Waals surface area contributed by atoms with Gasteiger partial charge in [-0.1, -0.05) is 118 Å². The lowest BCUT2D eigenvalue weighted by atomic mass is 9.79. The van der Waals surface area contributed by atoms with Crippen LogP contribution in [0.1, 0.15) is 54.8 Å². The monoisotopic (exact) mass is 554 g/mol. The molecule has 0 saturated heterocycles. The molecule has 3 heteroatoms. The molecule has 2 aliphatic rings. The molecule has 3 heterocycles. The van der Waals surface area contributed by atoms with Crippen LogP contribution >= 0.6 is 0 Å². The number of allylic oxidation sites excluding steroid dienone is 1. The van der Waals surface area contributed by atoms with E-state index in [9.17, 15) is 0 Å². The van der Waals surface area contributed by atoms with Crippen LogP contribution in [0.4, 0.5) is 0 Å².